The second-order valence-electron chi connectivity index (χ2n) is 2.56. The van der Waals surface area contributed by atoms with Crippen molar-refractivity contribution < 1.29 is 0 Å². The third kappa shape index (κ3) is 1.74. The molecular weight excluding hydrogens is 144 g/mol. The lowest BCUT2D eigenvalue weighted by Gasteiger charge is -1.93. The van der Waals surface area contributed by atoms with Gasteiger partial charge in [-0.3, -0.25) is 0 Å². The summed E-state index contributed by atoms with van der Waals surface area (Å²) in [7, 11) is 0. The molecule has 0 heterocycles. The van der Waals surface area contributed by atoms with E-state index in [1.165, 1.54) is 11.1 Å². The zero-order chi connectivity index (χ0) is 7.56. The van der Waals surface area contributed by atoms with Crippen molar-refractivity contribution in [1.29, 1.82) is 0 Å². The van der Waals surface area contributed by atoms with Crippen molar-refractivity contribution in [3.63, 3.8) is 0 Å². The van der Waals surface area contributed by atoms with Crippen molar-refractivity contribution >= 4 is 11.6 Å². The molecule has 0 unspecified atom stereocenters. The van der Waals surface area contributed by atoms with E-state index >= 15 is 0 Å². The molecule has 0 nitrogen and oxygen atoms in total. The summed E-state index contributed by atoms with van der Waals surface area (Å²) in [4.78, 5) is 0. The van der Waals surface area contributed by atoms with Gasteiger partial charge in [0.25, 0.3) is 0 Å². The van der Waals surface area contributed by atoms with Crippen molar-refractivity contribution in [2.45, 2.75) is 20.3 Å². The Morgan fingerprint density at radius 3 is 2.70 bits per heavy atom. The molecule has 0 aliphatic heterocycles. The van der Waals surface area contributed by atoms with Gasteiger partial charge in [-0.25, -0.2) is 0 Å². The van der Waals surface area contributed by atoms with Crippen LogP contribution in [0.5, 0.6) is 0 Å². The molecule has 0 radical (unpaired) electrons. The maximum absolute atomic E-state index is 5.86. The Kier molecular flexibility index (Phi) is 2.34. The van der Waals surface area contributed by atoms with Gasteiger partial charge in [-0.2, -0.15) is 0 Å². The molecule has 0 aromatic heterocycles. The molecule has 0 spiro atoms. The maximum Gasteiger partial charge on any atom is 0.0221 e. The van der Waals surface area contributed by atoms with Gasteiger partial charge in [0.15, 0.2) is 0 Å². The molecule has 10 heavy (non-hydrogen) atoms. The average Bonchev–Trinajstić information content (AvgIpc) is 1.96. The topological polar surface area (TPSA) is 0 Å². The van der Waals surface area contributed by atoms with E-state index in [9.17, 15) is 0 Å². The van der Waals surface area contributed by atoms with Crippen LogP contribution in [0.3, 0.4) is 0 Å². The third-order valence-electron chi connectivity index (χ3n) is 1.68. The van der Waals surface area contributed by atoms with Crippen LogP contribution in [-0.2, 0) is 0 Å². The monoisotopic (exact) mass is 154 g/mol. The lowest BCUT2D eigenvalue weighted by Crippen LogP contribution is -1.73. The van der Waals surface area contributed by atoms with Crippen LogP contribution in [-0.4, -0.2) is 0 Å². The summed E-state index contributed by atoms with van der Waals surface area (Å²) in [6.45, 7) is 4.17. The van der Waals surface area contributed by atoms with E-state index in [-0.39, 0.29) is 0 Å². The highest BCUT2D eigenvalue weighted by molar-refractivity contribution is 6.29. The molecule has 0 saturated heterocycles. The second-order valence-corrected chi connectivity index (χ2v) is 3.05. The Labute approximate surface area is 66.9 Å². The highest BCUT2D eigenvalue weighted by Crippen LogP contribution is 2.18. The SMILES string of the molecule is CC1=C(C)C=C(Cl)CC=C1. The molecule has 0 N–H and O–H groups in total. The van der Waals surface area contributed by atoms with E-state index in [0.29, 0.717) is 0 Å². The van der Waals surface area contributed by atoms with E-state index < -0.39 is 0 Å². The molecule has 1 aliphatic rings. The number of hydrogen-bond acceptors (Lipinski definition) is 0. The van der Waals surface area contributed by atoms with Gasteiger partial charge in [-0.15, -0.1) is 0 Å². The molecule has 0 saturated carbocycles. The molecule has 0 aromatic rings. The quantitative estimate of drug-likeness (QED) is 0.502. The molecule has 1 rings (SSSR count). The van der Waals surface area contributed by atoms with Gasteiger partial charge in [0, 0.05) is 11.5 Å². The van der Waals surface area contributed by atoms with Crippen LogP contribution in [0, 0.1) is 0 Å². The first-order valence-electron chi connectivity index (χ1n) is 3.40. The second kappa shape index (κ2) is 3.07. The number of allylic oxidation sites excluding steroid dienone is 6. The van der Waals surface area contributed by atoms with E-state index in [4.69, 9.17) is 11.6 Å². The summed E-state index contributed by atoms with van der Waals surface area (Å²) in [5, 5.41) is 0.922. The van der Waals surface area contributed by atoms with Crippen LogP contribution in [0.15, 0.2) is 34.4 Å². The highest BCUT2D eigenvalue weighted by Gasteiger charge is 1.96. The zero-order valence-electron chi connectivity index (χ0n) is 6.32. The normalized spacial score (nSPS) is 18.9. The van der Waals surface area contributed by atoms with E-state index in [0.717, 1.165) is 11.5 Å². The van der Waals surface area contributed by atoms with Crippen LogP contribution in [0.25, 0.3) is 0 Å². The van der Waals surface area contributed by atoms with Gasteiger partial charge in [-0.05, 0) is 31.1 Å². The van der Waals surface area contributed by atoms with E-state index in [1.807, 2.05) is 6.08 Å². The first-order chi connectivity index (χ1) is 4.70. The van der Waals surface area contributed by atoms with Gasteiger partial charge in [0.1, 0.15) is 0 Å². The van der Waals surface area contributed by atoms with Crippen LogP contribution in [0.2, 0.25) is 0 Å². The average molecular weight is 155 g/mol. The van der Waals surface area contributed by atoms with Crippen molar-refractivity contribution in [1.82, 2.24) is 0 Å². The number of halogens is 1. The zero-order valence-corrected chi connectivity index (χ0v) is 7.07. The van der Waals surface area contributed by atoms with Gasteiger partial charge >= 0.3 is 0 Å². The predicted molar refractivity (Wildman–Crippen MR) is 46.1 cm³/mol. The number of rotatable bonds is 0. The Bertz CT molecular complexity index is 219. The van der Waals surface area contributed by atoms with Gasteiger partial charge < -0.3 is 0 Å². The fourth-order valence-electron chi connectivity index (χ4n) is 0.887. The molecular formula is C9H11Cl. The minimum atomic E-state index is 0.871. The van der Waals surface area contributed by atoms with Crippen LogP contribution in [0.1, 0.15) is 20.3 Å². The van der Waals surface area contributed by atoms with Crippen molar-refractivity contribution in [3.05, 3.63) is 34.4 Å². The van der Waals surface area contributed by atoms with Crippen LogP contribution >= 0.6 is 11.6 Å². The largest absolute Gasteiger partial charge is 0.0888 e. The van der Waals surface area contributed by atoms with Gasteiger partial charge in [0.2, 0.25) is 0 Å². The van der Waals surface area contributed by atoms with Gasteiger partial charge in [0.05, 0.1) is 0 Å². The molecule has 0 aromatic carbocycles. The van der Waals surface area contributed by atoms with E-state index in [1.54, 1.807) is 0 Å². The molecule has 54 valence electrons. The first kappa shape index (κ1) is 7.62. The smallest absolute Gasteiger partial charge is 0.0221 e. The number of hydrogen-bond donors (Lipinski definition) is 0. The molecule has 0 fully saturated rings. The van der Waals surface area contributed by atoms with E-state index in [2.05, 4.69) is 26.0 Å². The molecule has 0 atom stereocenters. The Morgan fingerprint density at radius 2 is 2.00 bits per heavy atom. The predicted octanol–water partition coefficient (Wildman–Crippen LogP) is 3.41. The Morgan fingerprint density at radius 1 is 1.30 bits per heavy atom. The summed E-state index contributed by atoms with van der Waals surface area (Å²) in [5.74, 6) is 0. The fraction of sp³-hybridized carbons (Fsp3) is 0.333. The summed E-state index contributed by atoms with van der Waals surface area (Å²) >= 11 is 5.86. The Hall–Kier alpha value is -0.490. The third-order valence-corrected chi connectivity index (χ3v) is 1.94. The fourth-order valence-corrected chi connectivity index (χ4v) is 1.14. The highest BCUT2D eigenvalue weighted by atomic mass is 35.5. The molecule has 0 bridgehead atoms. The summed E-state index contributed by atoms with van der Waals surface area (Å²) in [5.41, 5.74) is 2.56. The van der Waals surface area contributed by atoms with Crippen molar-refractivity contribution in [2.24, 2.45) is 0 Å². The molecule has 1 aliphatic carbocycles. The summed E-state index contributed by atoms with van der Waals surface area (Å²) in [6.07, 6.45) is 7.10. The van der Waals surface area contributed by atoms with Crippen molar-refractivity contribution in [2.75, 3.05) is 0 Å². The van der Waals surface area contributed by atoms with Crippen molar-refractivity contribution in [3.8, 4) is 0 Å². The molecule has 1 heteroatoms. The van der Waals surface area contributed by atoms with Gasteiger partial charge in [-0.1, -0.05) is 23.8 Å². The summed E-state index contributed by atoms with van der Waals surface area (Å²) < 4.78 is 0. The Balaban J connectivity index is 2.98. The standard InChI is InChI=1S/C9H11Cl/c1-7-4-3-5-9(10)6-8(7)2/h3-4,6H,5H2,1-2H3. The van der Waals surface area contributed by atoms with Crippen LogP contribution in [0.4, 0.5) is 0 Å². The first-order valence-corrected chi connectivity index (χ1v) is 3.78. The molecule has 0 amide bonds. The minimum Gasteiger partial charge on any atom is -0.0888 e. The maximum atomic E-state index is 5.86. The summed E-state index contributed by atoms with van der Waals surface area (Å²) in [6, 6.07) is 0. The van der Waals surface area contributed by atoms with Crippen LogP contribution < -0.4 is 0 Å². The lowest BCUT2D eigenvalue weighted by molar-refractivity contribution is 1.35. The minimum absolute atomic E-state index is 0.871. The lowest BCUT2D eigenvalue weighted by atomic mass is 10.1.